The number of hydrogen-bond acceptors (Lipinski definition) is 3. The summed E-state index contributed by atoms with van der Waals surface area (Å²) in [5, 5.41) is 11.4. The van der Waals surface area contributed by atoms with Crippen LogP contribution in [0.4, 0.5) is 13.6 Å². The number of carbonyl (C=O) groups is 2. The maximum atomic E-state index is 13.3. The Hall–Kier alpha value is -1.70. The van der Waals surface area contributed by atoms with Crippen molar-refractivity contribution < 1.29 is 28.2 Å². The van der Waals surface area contributed by atoms with Crippen molar-refractivity contribution in [2.24, 2.45) is 0 Å². The van der Waals surface area contributed by atoms with Crippen molar-refractivity contribution in [1.29, 1.82) is 0 Å². The van der Waals surface area contributed by atoms with Crippen LogP contribution in [-0.2, 0) is 16.0 Å². The molecule has 1 aromatic rings. The van der Waals surface area contributed by atoms with Crippen molar-refractivity contribution >= 4 is 28.0 Å². The van der Waals surface area contributed by atoms with Gasteiger partial charge in [0.15, 0.2) is 11.6 Å². The molecule has 1 unspecified atom stereocenters. The number of nitrogens with one attached hydrogen (secondary N) is 1. The molecule has 0 aliphatic rings. The molecule has 0 aliphatic heterocycles. The molecule has 0 bridgehead atoms. The Morgan fingerprint density at radius 3 is 2.39 bits per heavy atom. The molecular weight excluding hydrogens is 376 g/mol. The predicted octanol–water partition coefficient (Wildman–Crippen LogP) is 3.64. The molecule has 0 saturated heterocycles. The normalized spacial score (nSPS) is 12.6. The smallest absolute Gasteiger partial charge is 0.407 e. The van der Waals surface area contributed by atoms with Gasteiger partial charge in [-0.05, 0) is 44.9 Å². The van der Waals surface area contributed by atoms with E-state index >= 15 is 0 Å². The lowest BCUT2D eigenvalue weighted by molar-refractivity contribution is -0.137. The molecule has 0 fully saturated rings. The molecule has 1 atom stereocenters. The summed E-state index contributed by atoms with van der Waals surface area (Å²) < 4.78 is 31.8. The van der Waals surface area contributed by atoms with E-state index in [0.29, 0.717) is 5.56 Å². The zero-order valence-electron chi connectivity index (χ0n) is 13.0. The molecule has 0 saturated carbocycles. The minimum Gasteiger partial charge on any atom is -0.481 e. The second-order valence-corrected chi connectivity index (χ2v) is 6.86. The number of carbonyl (C=O) groups excluding carboxylic acids is 1. The minimum atomic E-state index is -1.13. The number of rotatable bonds is 5. The minimum absolute atomic E-state index is 0.00330. The molecule has 0 aliphatic carbocycles. The number of halogens is 3. The maximum absolute atomic E-state index is 13.3. The summed E-state index contributed by atoms with van der Waals surface area (Å²) in [6, 6.07) is 1.09. The van der Waals surface area contributed by atoms with E-state index in [1.165, 1.54) is 0 Å². The standard InChI is InChI=1S/C15H18BrF2NO4/c1-15(2,3)23-14(22)19-9(6-13(20)21)4-8-5-11(17)12(18)7-10(8)16/h5,7,9H,4,6H2,1-3H3,(H,19,22)(H,20,21). The molecule has 5 nitrogen and oxygen atoms in total. The third kappa shape index (κ3) is 6.94. The fourth-order valence-electron chi connectivity index (χ4n) is 1.84. The van der Waals surface area contributed by atoms with Gasteiger partial charge in [0.1, 0.15) is 5.60 Å². The van der Waals surface area contributed by atoms with Crippen molar-refractivity contribution in [3.05, 3.63) is 33.8 Å². The number of alkyl carbamates (subject to hydrolysis) is 1. The van der Waals surface area contributed by atoms with Crippen LogP contribution in [0.25, 0.3) is 0 Å². The van der Waals surface area contributed by atoms with Crippen LogP contribution in [-0.4, -0.2) is 28.8 Å². The average molecular weight is 394 g/mol. The highest BCUT2D eigenvalue weighted by Gasteiger charge is 2.22. The number of carboxylic acid groups (broad SMARTS) is 1. The lowest BCUT2D eigenvalue weighted by Gasteiger charge is -2.23. The summed E-state index contributed by atoms with van der Waals surface area (Å²) in [4.78, 5) is 22.7. The first-order chi connectivity index (χ1) is 10.5. The molecule has 0 radical (unpaired) electrons. The Morgan fingerprint density at radius 1 is 1.30 bits per heavy atom. The Morgan fingerprint density at radius 2 is 1.87 bits per heavy atom. The molecule has 1 rings (SSSR count). The molecular formula is C15H18BrF2NO4. The Bertz CT molecular complexity index is 602. The fourth-order valence-corrected chi connectivity index (χ4v) is 2.32. The molecule has 128 valence electrons. The SMILES string of the molecule is CC(C)(C)OC(=O)NC(CC(=O)O)Cc1cc(F)c(F)cc1Br. The maximum Gasteiger partial charge on any atom is 0.407 e. The van der Waals surface area contributed by atoms with Crippen molar-refractivity contribution in [1.82, 2.24) is 5.32 Å². The van der Waals surface area contributed by atoms with Crippen LogP contribution in [0.15, 0.2) is 16.6 Å². The van der Waals surface area contributed by atoms with Gasteiger partial charge in [-0.15, -0.1) is 0 Å². The van der Waals surface area contributed by atoms with Crippen molar-refractivity contribution in [3.8, 4) is 0 Å². The molecule has 8 heteroatoms. The third-order valence-corrected chi connectivity index (χ3v) is 3.44. The van der Waals surface area contributed by atoms with Gasteiger partial charge in [0.05, 0.1) is 6.42 Å². The van der Waals surface area contributed by atoms with Gasteiger partial charge in [-0.25, -0.2) is 13.6 Å². The number of aliphatic carboxylic acids is 1. The van der Waals surface area contributed by atoms with Gasteiger partial charge in [0.25, 0.3) is 0 Å². The molecule has 1 aromatic carbocycles. The third-order valence-electron chi connectivity index (χ3n) is 2.70. The number of carboxylic acids is 1. The van der Waals surface area contributed by atoms with E-state index in [9.17, 15) is 18.4 Å². The van der Waals surface area contributed by atoms with Gasteiger partial charge in [0.2, 0.25) is 0 Å². The summed E-state index contributed by atoms with van der Waals surface area (Å²) >= 11 is 3.09. The summed E-state index contributed by atoms with van der Waals surface area (Å²) in [7, 11) is 0. The summed E-state index contributed by atoms with van der Waals surface area (Å²) in [5.74, 6) is -3.20. The fraction of sp³-hybridized carbons (Fsp3) is 0.467. The monoisotopic (exact) mass is 393 g/mol. The molecule has 2 N–H and O–H groups in total. The van der Waals surface area contributed by atoms with E-state index in [0.717, 1.165) is 12.1 Å². The quantitative estimate of drug-likeness (QED) is 0.748. The van der Waals surface area contributed by atoms with Crippen LogP contribution in [0, 0.1) is 11.6 Å². The lowest BCUT2D eigenvalue weighted by atomic mass is 10.0. The number of ether oxygens (including phenoxy) is 1. The topological polar surface area (TPSA) is 75.6 Å². The van der Waals surface area contributed by atoms with Crippen molar-refractivity contribution in [3.63, 3.8) is 0 Å². The first-order valence-electron chi connectivity index (χ1n) is 6.82. The number of hydrogen-bond donors (Lipinski definition) is 2. The number of benzene rings is 1. The Kier molecular flexibility index (Phi) is 6.49. The number of amides is 1. The van der Waals surface area contributed by atoms with Crippen molar-refractivity contribution in [2.75, 3.05) is 0 Å². The first-order valence-corrected chi connectivity index (χ1v) is 7.62. The molecule has 0 spiro atoms. The van der Waals surface area contributed by atoms with Crippen LogP contribution in [0.3, 0.4) is 0 Å². The van der Waals surface area contributed by atoms with Gasteiger partial charge < -0.3 is 15.2 Å². The van der Waals surface area contributed by atoms with Gasteiger partial charge in [-0.3, -0.25) is 4.79 Å². The molecule has 0 aromatic heterocycles. The highest BCUT2D eigenvalue weighted by Crippen LogP contribution is 2.22. The zero-order chi connectivity index (χ0) is 17.8. The van der Waals surface area contributed by atoms with Crippen LogP contribution in [0.1, 0.15) is 32.8 Å². The molecule has 0 heterocycles. The van der Waals surface area contributed by atoms with Gasteiger partial charge in [-0.1, -0.05) is 15.9 Å². The largest absolute Gasteiger partial charge is 0.481 e. The average Bonchev–Trinajstić information content (AvgIpc) is 2.32. The van der Waals surface area contributed by atoms with E-state index in [-0.39, 0.29) is 17.3 Å². The first kappa shape index (κ1) is 19.3. The van der Waals surface area contributed by atoms with E-state index in [1.54, 1.807) is 20.8 Å². The van der Waals surface area contributed by atoms with E-state index in [1.807, 2.05) is 0 Å². The van der Waals surface area contributed by atoms with Crippen LogP contribution in [0.5, 0.6) is 0 Å². The van der Waals surface area contributed by atoms with Crippen molar-refractivity contribution in [2.45, 2.75) is 45.3 Å². The van der Waals surface area contributed by atoms with Gasteiger partial charge >= 0.3 is 12.1 Å². The van der Waals surface area contributed by atoms with E-state index < -0.39 is 35.3 Å². The van der Waals surface area contributed by atoms with Gasteiger partial charge in [-0.2, -0.15) is 0 Å². The highest BCUT2D eigenvalue weighted by molar-refractivity contribution is 9.10. The Labute approximate surface area is 141 Å². The molecule has 1 amide bonds. The molecule has 23 heavy (non-hydrogen) atoms. The summed E-state index contributed by atoms with van der Waals surface area (Å²) in [6.07, 6.45) is -1.16. The van der Waals surface area contributed by atoms with Crippen LogP contribution < -0.4 is 5.32 Å². The lowest BCUT2D eigenvalue weighted by Crippen LogP contribution is -2.41. The summed E-state index contributed by atoms with van der Waals surface area (Å²) in [6.45, 7) is 5.01. The highest BCUT2D eigenvalue weighted by atomic mass is 79.9. The second kappa shape index (κ2) is 7.72. The second-order valence-electron chi connectivity index (χ2n) is 6.00. The van der Waals surface area contributed by atoms with Crippen LogP contribution >= 0.6 is 15.9 Å². The summed E-state index contributed by atoms with van der Waals surface area (Å²) in [5.41, 5.74) is -0.397. The van der Waals surface area contributed by atoms with E-state index in [2.05, 4.69) is 21.2 Å². The predicted molar refractivity (Wildman–Crippen MR) is 83.2 cm³/mol. The van der Waals surface area contributed by atoms with E-state index in [4.69, 9.17) is 9.84 Å². The zero-order valence-corrected chi connectivity index (χ0v) is 14.5. The van der Waals surface area contributed by atoms with Gasteiger partial charge in [0, 0.05) is 10.5 Å². The Balaban J connectivity index is 2.89. The van der Waals surface area contributed by atoms with Crippen LogP contribution in [0.2, 0.25) is 0 Å².